The summed E-state index contributed by atoms with van der Waals surface area (Å²) < 4.78 is 0. The van der Waals surface area contributed by atoms with Crippen LogP contribution in [0.1, 0.15) is 0 Å². The van der Waals surface area contributed by atoms with E-state index in [0.29, 0.717) is 21.2 Å². The third kappa shape index (κ3) is 2.09. The van der Waals surface area contributed by atoms with Crippen LogP contribution in [0.3, 0.4) is 0 Å². The van der Waals surface area contributed by atoms with Gasteiger partial charge < -0.3 is 5.11 Å². The molecule has 0 amide bonds. The molecule has 2 aromatic rings. The van der Waals surface area contributed by atoms with Crippen LogP contribution in [0.2, 0.25) is 15.2 Å². The number of rotatable bonds is 1. The van der Waals surface area contributed by atoms with Gasteiger partial charge in [-0.15, -0.1) is 0 Å². The lowest BCUT2D eigenvalue weighted by Gasteiger charge is -2.07. The third-order valence-corrected chi connectivity index (χ3v) is 3.12. The highest BCUT2D eigenvalue weighted by Gasteiger charge is 2.11. The molecule has 0 bridgehead atoms. The number of hydrogen-bond donors (Lipinski definition) is 1. The van der Waals surface area contributed by atoms with Gasteiger partial charge in [-0.1, -0.05) is 46.9 Å². The Morgan fingerprint density at radius 1 is 1.06 bits per heavy atom. The molecule has 0 aliphatic rings. The maximum atomic E-state index is 9.68. The van der Waals surface area contributed by atoms with Crippen molar-refractivity contribution in [2.75, 3.05) is 0 Å². The summed E-state index contributed by atoms with van der Waals surface area (Å²) in [6.07, 6.45) is 1.27. The van der Waals surface area contributed by atoms with Crippen LogP contribution in [0, 0.1) is 0 Å². The first-order chi connectivity index (χ1) is 7.59. The lowest BCUT2D eigenvalue weighted by molar-refractivity contribution is 0.475. The molecule has 0 fully saturated rings. The highest BCUT2D eigenvalue weighted by Crippen LogP contribution is 2.38. The lowest BCUT2D eigenvalue weighted by Crippen LogP contribution is -1.84. The fourth-order valence-electron chi connectivity index (χ4n) is 1.35. The minimum absolute atomic E-state index is 0.00793. The SMILES string of the molecule is Oc1cnc(Cl)cc1-c1cccc(Cl)c1Cl. The fourth-order valence-corrected chi connectivity index (χ4v) is 1.91. The van der Waals surface area contributed by atoms with E-state index in [4.69, 9.17) is 34.8 Å². The molecule has 0 aliphatic heterocycles. The van der Waals surface area contributed by atoms with Gasteiger partial charge >= 0.3 is 0 Å². The average molecular weight is 275 g/mol. The van der Waals surface area contributed by atoms with E-state index in [2.05, 4.69) is 4.98 Å². The monoisotopic (exact) mass is 273 g/mol. The molecule has 0 radical (unpaired) electrons. The van der Waals surface area contributed by atoms with Crippen molar-refractivity contribution in [1.82, 2.24) is 4.98 Å². The molecular weight excluding hydrogens is 268 g/mol. The molecular formula is C11H6Cl3NO. The molecule has 1 heterocycles. The van der Waals surface area contributed by atoms with Crippen LogP contribution in [0.5, 0.6) is 5.75 Å². The summed E-state index contributed by atoms with van der Waals surface area (Å²) in [5.74, 6) is 0.00793. The molecule has 0 atom stereocenters. The topological polar surface area (TPSA) is 33.1 Å². The standard InChI is InChI=1S/C11H6Cl3NO/c12-8-3-1-2-6(11(8)14)7-4-10(13)15-5-9(7)16/h1-5,16H. The largest absolute Gasteiger partial charge is 0.506 e. The van der Waals surface area contributed by atoms with Crippen LogP contribution >= 0.6 is 34.8 Å². The first-order valence-electron chi connectivity index (χ1n) is 4.38. The van der Waals surface area contributed by atoms with E-state index in [0.717, 1.165) is 0 Å². The molecule has 0 saturated carbocycles. The van der Waals surface area contributed by atoms with Gasteiger partial charge in [0.25, 0.3) is 0 Å². The van der Waals surface area contributed by atoms with Gasteiger partial charge in [0, 0.05) is 11.1 Å². The molecule has 2 rings (SSSR count). The van der Waals surface area contributed by atoms with Gasteiger partial charge in [-0.3, -0.25) is 0 Å². The van der Waals surface area contributed by atoms with Crippen molar-refractivity contribution in [3.05, 3.63) is 45.7 Å². The second kappa shape index (κ2) is 4.50. The van der Waals surface area contributed by atoms with Crippen LogP contribution in [0.25, 0.3) is 11.1 Å². The van der Waals surface area contributed by atoms with Crippen LogP contribution in [0.4, 0.5) is 0 Å². The van der Waals surface area contributed by atoms with Gasteiger partial charge in [0.2, 0.25) is 0 Å². The van der Waals surface area contributed by atoms with Gasteiger partial charge in [-0.05, 0) is 12.1 Å². The van der Waals surface area contributed by atoms with Crippen molar-refractivity contribution >= 4 is 34.8 Å². The summed E-state index contributed by atoms with van der Waals surface area (Å²) in [7, 11) is 0. The Balaban J connectivity index is 2.67. The third-order valence-electron chi connectivity index (χ3n) is 2.09. The van der Waals surface area contributed by atoms with E-state index >= 15 is 0 Å². The number of nitrogens with zero attached hydrogens (tertiary/aromatic N) is 1. The predicted octanol–water partition coefficient (Wildman–Crippen LogP) is 4.41. The molecule has 1 aromatic heterocycles. The van der Waals surface area contributed by atoms with Gasteiger partial charge in [0.1, 0.15) is 10.9 Å². The molecule has 0 spiro atoms. The average Bonchev–Trinajstić information content (AvgIpc) is 2.26. The maximum absolute atomic E-state index is 9.68. The molecule has 5 heteroatoms. The van der Waals surface area contributed by atoms with Crippen molar-refractivity contribution in [1.29, 1.82) is 0 Å². The van der Waals surface area contributed by atoms with Crippen molar-refractivity contribution < 1.29 is 5.11 Å². The zero-order valence-electron chi connectivity index (χ0n) is 7.92. The van der Waals surface area contributed by atoms with E-state index < -0.39 is 0 Å². The highest BCUT2D eigenvalue weighted by atomic mass is 35.5. The Kier molecular flexibility index (Phi) is 3.24. The zero-order valence-corrected chi connectivity index (χ0v) is 10.2. The number of aromatic hydroxyl groups is 1. The summed E-state index contributed by atoms with van der Waals surface area (Å²) in [6.45, 7) is 0. The smallest absolute Gasteiger partial charge is 0.141 e. The Labute approximate surface area is 107 Å². The lowest BCUT2D eigenvalue weighted by atomic mass is 10.1. The predicted molar refractivity (Wildman–Crippen MR) is 66.4 cm³/mol. The van der Waals surface area contributed by atoms with Crippen molar-refractivity contribution in [3.63, 3.8) is 0 Å². The Morgan fingerprint density at radius 3 is 2.56 bits per heavy atom. The molecule has 0 saturated heterocycles. The van der Waals surface area contributed by atoms with Gasteiger partial charge in [-0.25, -0.2) is 4.98 Å². The summed E-state index contributed by atoms with van der Waals surface area (Å²) in [5.41, 5.74) is 1.13. The minimum Gasteiger partial charge on any atom is -0.506 e. The zero-order chi connectivity index (χ0) is 11.7. The minimum atomic E-state index is 0.00793. The molecule has 82 valence electrons. The second-order valence-corrected chi connectivity index (χ2v) is 4.30. The normalized spacial score (nSPS) is 10.4. The van der Waals surface area contributed by atoms with Crippen LogP contribution < -0.4 is 0 Å². The molecule has 0 aliphatic carbocycles. The van der Waals surface area contributed by atoms with E-state index in [1.807, 2.05) is 0 Å². The fraction of sp³-hybridized carbons (Fsp3) is 0. The highest BCUT2D eigenvalue weighted by molar-refractivity contribution is 6.43. The van der Waals surface area contributed by atoms with Crippen molar-refractivity contribution in [3.8, 4) is 16.9 Å². The van der Waals surface area contributed by atoms with Crippen molar-refractivity contribution in [2.45, 2.75) is 0 Å². The van der Waals surface area contributed by atoms with E-state index in [1.165, 1.54) is 12.3 Å². The summed E-state index contributed by atoms with van der Waals surface area (Å²) in [6, 6.07) is 6.71. The first kappa shape index (κ1) is 11.5. The van der Waals surface area contributed by atoms with Crippen LogP contribution in [-0.2, 0) is 0 Å². The Morgan fingerprint density at radius 2 is 1.81 bits per heavy atom. The summed E-state index contributed by atoms with van der Waals surface area (Å²) in [5, 5.41) is 10.8. The molecule has 1 aromatic carbocycles. The summed E-state index contributed by atoms with van der Waals surface area (Å²) >= 11 is 17.7. The first-order valence-corrected chi connectivity index (χ1v) is 5.52. The molecule has 16 heavy (non-hydrogen) atoms. The summed E-state index contributed by atoms with van der Waals surface area (Å²) in [4.78, 5) is 3.76. The van der Waals surface area contributed by atoms with E-state index in [-0.39, 0.29) is 10.9 Å². The van der Waals surface area contributed by atoms with E-state index in [9.17, 15) is 5.11 Å². The molecule has 0 unspecified atom stereocenters. The molecule has 1 N–H and O–H groups in total. The number of benzene rings is 1. The quantitative estimate of drug-likeness (QED) is 0.781. The maximum Gasteiger partial charge on any atom is 0.141 e. The van der Waals surface area contributed by atoms with Gasteiger partial charge in [0.05, 0.1) is 16.2 Å². The van der Waals surface area contributed by atoms with Crippen molar-refractivity contribution in [2.24, 2.45) is 0 Å². The molecule has 2 nitrogen and oxygen atoms in total. The van der Waals surface area contributed by atoms with Gasteiger partial charge in [0.15, 0.2) is 0 Å². The number of hydrogen-bond acceptors (Lipinski definition) is 2. The Bertz CT molecular complexity index is 543. The second-order valence-electron chi connectivity index (χ2n) is 3.13. The van der Waals surface area contributed by atoms with Crippen LogP contribution in [0.15, 0.2) is 30.5 Å². The van der Waals surface area contributed by atoms with Gasteiger partial charge in [-0.2, -0.15) is 0 Å². The number of halogens is 3. The van der Waals surface area contributed by atoms with E-state index in [1.54, 1.807) is 18.2 Å². The number of aromatic nitrogens is 1. The van der Waals surface area contributed by atoms with Crippen LogP contribution in [-0.4, -0.2) is 10.1 Å². The number of pyridine rings is 1. The Hall–Kier alpha value is -0.960.